The van der Waals surface area contributed by atoms with Crippen molar-refractivity contribution in [1.29, 1.82) is 0 Å². The first-order valence-corrected chi connectivity index (χ1v) is 12.6. The van der Waals surface area contributed by atoms with Crippen molar-refractivity contribution in [3.05, 3.63) is 83.6 Å². The fraction of sp³-hybridized carbons (Fsp3) is 0.231. The third-order valence-corrected chi connectivity index (χ3v) is 7.85. The highest BCUT2D eigenvalue weighted by Gasteiger charge is 2.27. The van der Waals surface area contributed by atoms with Crippen LogP contribution in [0.2, 0.25) is 0 Å². The molecule has 0 saturated carbocycles. The standard InChI is InChI=1S/C26H28N4O5S/c1-29(2)36(32,33)19-12-9-17(10-13-19)16-30-21-8-6-5-7-20(21)25(28-30)24(26(27)31)18-11-14-22(34-3)23(15-18)35-4/h5-15,24H,16H2,1-4H3,(H2,27,31). The van der Waals surface area contributed by atoms with Crippen LogP contribution < -0.4 is 15.2 Å². The topological polar surface area (TPSA) is 117 Å². The lowest BCUT2D eigenvalue weighted by molar-refractivity contribution is -0.118. The SMILES string of the molecule is COc1ccc(C(C(N)=O)c2nn(Cc3ccc(S(=O)(=O)N(C)C)cc3)c3ccccc23)cc1OC. The third-order valence-electron chi connectivity index (χ3n) is 6.02. The number of fused-ring (bicyclic) bond motifs is 1. The van der Waals surface area contributed by atoms with Gasteiger partial charge in [-0.25, -0.2) is 12.7 Å². The van der Waals surface area contributed by atoms with Crippen LogP contribution in [0.3, 0.4) is 0 Å². The highest BCUT2D eigenvalue weighted by molar-refractivity contribution is 7.89. The Hall–Kier alpha value is -3.89. The predicted molar refractivity (Wildman–Crippen MR) is 137 cm³/mol. The zero-order chi connectivity index (χ0) is 26.0. The summed E-state index contributed by atoms with van der Waals surface area (Å²) in [5.41, 5.74) is 8.71. The summed E-state index contributed by atoms with van der Waals surface area (Å²) in [5.74, 6) is -0.336. The molecule has 1 heterocycles. The van der Waals surface area contributed by atoms with Gasteiger partial charge in [0.15, 0.2) is 11.5 Å². The summed E-state index contributed by atoms with van der Waals surface area (Å²) in [6.45, 7) is 0.375. The average molecular weight is 509 g/mol. The van der Waals surface area contributed by atoms with Crippen LogP contribution in [0.1, 0.15) is 22.7 Å². The molecule has 36 heavy (non-hydrogen) atoms. The molecule has 188 valence electrons. The number of aromatic nitrogens is 2. The molecule has 0 spiro atoms. The van der Waals surface area contributed by atoms with E-state index in [2.05, 4.69) is 0 Å². The lowest BCUT2D eigenvalue weighted by atomic mass is 9.92. The number of nitrogens with two attached hydrogens (primary N) is 1. The summed E-state index contributed by atoms with van der Waals surface area (Å²) in [7, 11) is 2.54. The molecule has 0 fully saturated rings. The zero-order valence-corrected chi connectivity index (χ0v) is 21.3. The molecule has 0 aliphatic heterocycles. The molecule has 0 radical (unpaired) electrons. The maximum absolute atomic E-state index is 12.7. The Morgan fingerprint density at radius 3 is 2.28 bits per heavy atom. The van der Waals surface area contributed by atoms with Gasteiger partial charge in [0.05, 0.1) is 36.9 Å². The number of methoxy groups -OCH3 is 2. The van der Waals surface area contributed by atoms with Gasteiger partial charge in [-0.3, -0.25) is 9.48 Å². The summed E-state index contributed by atoms with van der Waals surface area (Å²) >= 11 is 0. The Kier molecular flexibility index (Phi) is 7.00. The minimum atomic E-state index is -3.52. The molecule has 0 saturated heterocycles. The molecular formula is C26H28N4O5S. The van der Waals surface area contributed by atoms with E-state index < -0.39 is 21.8 Å². The van der Waals surface area contributed by atoms with Crippen LogP contribution in [0.25, 0.3) is 10.9 Å². The first-order chi connectivity index (χ1) is 17.2. The number of primary amides is 1. The van der Waals surface area contributed by atoms with E-state index in [0.717, 1.165) is 16.5 Å². The minimum Gasteiger partial charge on any atom is -0.493 e. The summed E-state index contributed by atoms with van der Waals surface area (Å²) in [5, 5.41) is 5.59. The summed E-state index contributed by atoms with van der Waals surface area (Å²) in [6.07, 6.45) is 0. The van der Waals surface area contributed by atoms with Crippen LogP contribution in [-0.4, -0.2) is 56.7 Å². The van der Waals surface area contributed by atoms with Crippen LogP contribution in [-0.2, 0) is 21.4 Å². The number of rotatable bonds is 9. The van der Waals surface area contributed by atoms with E-state index in [0.29, 0.717) is 29.3 Å². The fourth-order valence-electron chi connectivity index (χ4n) is 4.13. The Morgan fingerprint density at radius 2 is 1.67 bits per heavy atom. The molecule has 3 aromatic carbocycles. The number of hydrogen-bond acceptors (Lipinski definition) is 6. The maximum Gasteiger partial charge on any atom is 0.242 e. The van der Waals surface area contributed by atoms with Crippen molar-refractivity contribution in [1.82, 2.24) is 14.1 Å². The summed E-state index contributed by atoms with van der Waals surface area (Å²) < 4.78 is 38.5. The Morgan fingerprint density at radius 1 is 1.00 bits per heavy atom. The minimum absolute atomic E-state index is 0.213. The third kappa shape index (κ3) is 4.65. The van der Waals surface area contributed by atoms with E-state index >= 15 is 0 Å². The summed E-state index contributed by atoms with van der Waals surface area (Å²) in [4.78, 5) is 12.9. The van der Waals surface area contributed by atoms with Crippen molar-refractivity contribution < 1.29 is 22.7 Å². The smallest absolute Gasteiger partial charge is 0.242 e. The van der Waals surface area contributed by atoms with Crippen molar-refractivity contribution in [2.45, 2.75) is 17.4 Å². The molecule has 1 amide bonds. The highest BCUT2D eigenvalue weighted by atomic mass is 32.2. The van der Waals surface area contributed by atoms with Crippen LogP contribution in [0.5, 0.6) is 11.5 Å². The largest absolute Gasteiger partial charge is 0.493 e. The second-order valence-corrected chi connectivity index (χ2v) is 10.6. The lowest BCUT2D eigenvalue weighted by Gasteiger charge is -2.15. The van der Waals surface area contributed by atoms with E-state index in [1.165, 1.54) is 25.5 Å². The fourth-order valence-corrected chi connectivity index (χ4v) is 5.03. The first-order valence-electron chi connectivity index (χ1n) is 11.2. The monoisotopic (exact) mass is 508 g/mol. The second kappa shape index (κ2) is 10.00. The quantitative estimate of drug-likeness (QED) is 0.372. The molecule has 1 unspecified atom stereocenters. The van der Waals surface area contributed by atoms with E-state index in [4.69, 9.17) is 20.3 Å². The van der Waals surface area contributed by atoms with Crippen molar-refractivity contribution >= 4 is 26.8 Å². The molecule has 0 bridgehead atoms. The number of carbonyl (C=O) groups is 1. The van der Waals surface area contributed by atoms with Gasteiger partial charge < -0.3 is 15.2 Å². The molecule has 0 aliphatic rings. The normalized spacial score (nSPS) is 12.6. The van der Waals surface area contributed by atoms with Crippen LogP contribution in [0.4, 0.5) is 0 Å². The van der Waals surface area contributed by atoms with Gasteiger partial charge in [-0.1, -0.05) is 36.4 Å². The van der Waals surface area contributed by atoms with Gasteiger partial charge in [0.25, 0.3) is 0 Å². The van der Waals surface area contributed by atoms with Crippen LogP contribution >= 0.6 is 0 Å². The number of nitrogens with zero attached hydrogens (tertiary/aromatic N) is 3. The van der Waals surface area contributed by atoms with Gasteiger partial charge in [-0.15, -0.1) is 0 Å². The van der Waals surface area contributed by atoms with Gasteiger partial charge in [0.2, 0.25) is 15.9 Å². The van der Waals surface area contributed by atoms with Crippen LogP contribution in [0, 0.1) is 0 Å². The molecule has 1 atom stereocenters. The number of benzene rings is 3. The number of hydrogen-bond donors (Lipinski definition) is 1. The lowest BCUT2D eigenvalue weighted by Crippen LogP contribution is -2.23. The zero-order valence-electron chi connectivity index (χ0n) is 20.5. The Balaban J connectivity index is 1.76. The molecule has 1 aromatic heterocycles. The maximum atomic E-state index is 12.7. The second-order valence-electron chi connectivity index (χ2n) is 8.44. The van der Waals surface area contributed by atoms with Gasteiger partial charge >= 0.3 is 0 Å². The summed E-state index contributed by atoms with van der Waals surface area (Å²) in [6, 6.07) is 19.5. The Labute approximate surface area is 210 Å². The van der Waals surface area contributed by atoms with E-state index in [-0.39, 0.29) is 4.90 Å². The van der Waals surface area contributed by atoms with E-state index in [1.54, 1.807) is 54.3 Å². The van der Waals surface area contributed by atoms with Gasteiger partial charge in [0.1, 0.15) is 5.92 Å². The number of amides is 1. The number of carbonyl (C=O) groups excluding carboxylic acids is 1. The van der Waals surface area contributed by atoms with Gasteiger partial charge in [-0.05, 0) is 41.5 Å². The molecular weight excluding hydrogens is 480 g/mol. The van der Waals surface area contributed by atoms with E-state index in [1.807, 2.05) is 24.3 Å². The first kappa shape index (κ1) is 25.2. The van der Waals surface area contributed by atoms with Gasteiger partial charge in [0, 0.05) is 19.5 Å². The molecule has 9 nitrogen and oxygen atoms in total. The average Bonchev–Trinajstić information content (AvgIpc) is 3.21. The van der Waals surface area contributed by atoms with E-state index in [9.17, 15) is 13.2 Å². The van der Waals surface area contributed by atoms with Crippen molar-refractivity contribution in [2.24, 2.45) is 5.73 Å². The molecule has 4 aromatic rings. The predicted octanol–water partition coefficient (Wildman–Crippen LogP) is 2.97. The molecule has 0 aliphatic carbocycles. The molecule has 4 rings (SSSR count). The highest BCUT2D eigenvalue weighted by Crippen LogP contribution is 2.35. The number of para-hydroxylation sites is 1. The van der Waals surface area contributed by atoms with Crippen molar-refractivity contribution in [3.63, 3.8) is 0 Å². The van der Waals surface area contributed by atoms with Crippen LogP contribution in [0.15, 0.2) is 71.6 Å². The number of sulfonamides is 1. The molecule has 10 heteroatoms. The van der Waals surface area contributed by atoms with Crippen molar-refractivity contribution in [3.8, 4) is 11.5 Å². The Bertz CT molecular complexity index is 1510. The van der Waals surface area contributed by atoms with Gasteiger partial charge in [-0.2, -0.15) is 5.10 Å². The number of ether oxygens (including phenoxy) is 2. The molecule has 2 N–H and O–H groups in total. The van der Waals surface area contributed by atoms with Crippen molar-refractivity contribution in [2.75, 3.05) is 28.3 Å².